The van der Waals surface area contributed by atoms with Gasteiger partial charge in [0.05, 0.1) is 19.3 Å². The van der Waals surface area contributed by atoms with Crippen LogP contribution in [0.5, 0.6) is 0 Å². The van der Waals surface area contributed by atoms with Gasteiger partial charge in [-0.1, -0.05) is 6.92 Å². The molecule has 0 bridgehead atoms. The molecule has 0 aliphatic carbocycles. The number of hydrogen-bond donors (Lipinski definition) is 2. The Morgan fingerprint density at radius 3 is 3.06 bits per heavy atom. The highest BCUT2D eigenvalue weighted by molar-refractivity contribution is 5.53. The Morgan fingerprint density at radius 2 is 2.33 bits per heavy atom. The molecule has 1 aromatic rings. The van der Waals surface area contributed by atoms with Gasteiger partial charge in [0.25, 0.3) is 0 Å². The van der Waals surface area contributed by atoms with Crippen LogP contribution in [0.3, 0.4) is 0 Å². The second kappa shape index (κ2) is 5.86. The van der Waals surface area contributed by atoms with Crippen LogP contribution >= 0.6 is 0 Å². The average molecular weight is 251 g/mol. The summed E-state index contributed by atoms with van der Waals surface area (Å²) in [5.41, 5.74) is 5.76. The molecule has 3 N–H and O–H groups in total. The lowest BCUT2D eigenvalue weighted by Crippen LogP contribution is -2.45. The van der Waals surface area contributed by atoms with Crippen LogP contribution in [-0.2, 0) is 4.74 Å². The van der Waals surface area contributed by atoms with E-state index in [1.54, 1.807) is 0 Å². The van der Waals surface area contributed by atoms with Gasteiger partial charge in [0.1, 0.15) is 11.6 Å². The summed E-state index contributed by atoms with van der Waals surface area (Å²) >= 11 is 0. The van der Waals surface area contributed by atoms with E-state index in [1.165, 1.54) is 0 Å². The molecule has 100 valence electrons. The van der Waals surface area contributed by atoms with Crippen LogP contribution in [0.4, 0.5) is 17.6 Å². The van der Waals surface area contributed by atoms with E-state index in [-0.39, 0.29) is 0 Å². The van der Waals surface area contributed by atoms with Gasteiger partial charge in [-0.15, -0.1) is 0 Å². The maximum Gasteiger partial charge on any atom is 0.223 e. The zero-order valence-corrected chi connectivity index (χ0v) is 11.0. The second-order valence-corrected chi connectivity index (χ2v) is 4.33. The largest absolute Gasteiger partial charge is 0.377 e. The van der Waals surface area contributed by atoms with Gasteiger partial charge in [-0.05, 0) is 13.3 Å². The van der Waals surface area contributed by atoms with Crippen molar-refractivity contribution in [3.63, 3.8) is 0 Å². The van der Waals surface area contributed by atoms with Crippen molar-refractivity contribution < 1.29 is 4.74 Å². The number of ether oxygens (including phenoxy) is 1. The number of nitrogens with two attached hydrogens (primary N) is 1. The minimum absolute atomic E-state index is 0.310. The van der Waals surface area contributed by atoms with Crippen molar-refractivity contribution in [3.05, 3.63) is 6.07 Å². The maximum atomic E-state index is 5.76. The van der Waals surface area contributed by atoms with Crippen molar-refractivity contribution >= 4 is 17.6 Å². The van der Waals surface area contributed by atoms with Gasteiger partial charge >= 0.3 is 0 Å². The number of rotatable bonds is 4. The van der Waals surface area contributed by atoms with E-state index in [9.17, 15) is 0 Å². The number of hydrogen-bond acceptors (Lipinski definition) is 6. The Balaban J connectivity index is 2.24. The van der Waals surface area contributed by atoms with E-state index in [4.69, 9.17) is 10.5 Å². The zero-order valence-electron chi connectivity index (χ0n) is 11.0. The third-order valence-corrected chi connectivity index (χ3v) is 3.08. The molecule has 2 rings (SSSR count). The molecule has 0 radical (unpaired) electrons. The van der Waals surface area contributed by atoms with E-state index < -0.39 is 0 Å². The fraction of sp³-hybridized carbons (Fsp3) is 0.667. The number of nitrogen functional groups attached to an aromatic ring is 1. The Morgan fingerprint density at radius 1 is 1.50 bits per heavy atom. The van der Waals surface area contributed by atoms with Crippen LogP contribution in [0.15, 0.2) is 6.07 Å². The van der Waals surface area contributed by atoms with Gasteiger partial charge in [0, 0.05) is 19.2 Å². The summed E-state index contributed by atoms with van der Waals surface area (Å²) in [4.78, 5) is 10.8. The smallest absolute Gasteiger partial charge is 0.223 e. The fourth-order valence-electron chi connectivity index (χ4n) is 2.17. The monoisotopic (exact) mass is 251 g/mol. The molecule has 2 heterocycles. The predicted octanol–water partition coefficient (Wildman–Crippen LogP) is 1.11. The number of anilines is 3. The zero-order chi connectivity index (χ0) is 13.0. The standard InChI is InChI=1S/C12H21N5O/c1-3-9-8-18-6-5-17(9)11-7-10(14-4-2)15-12(13)16-11/h7,9H,3-6,8H2,1-2H3,(H3,13,14,15,16). The molecule has 6 heteroatoms. The summed E-state index contributed by atoms with van der Waals surface area (Å²) in [5, 5.41) is 3.17. The molecule has 0 saturated carbocycles. The number of aromatic nitrogens is 2. The molecular weight excluding hydrogens is 230 g/mol. The summed E-state index contributed by atoms with van der Waals surface area (Å²) < 4.78 is 5.50. The Labute approximate surface area is 108 Å². The van der Waals surface area contributed by atoms with Crippen LogP contribution in [0.25, 0.3) is 0 Å². The Bertz CT molecular complexity index is 398. The molecule has 0 amide bonds. The molecule has 1 atom stereocenters. The number of morpholine rings is 1. The van der Waals surface area contributed by atoms with Crippen molar-refractivity contribution in [1.82, 2.24) is 9.97 Å². The highest BCUT2D eigenvalue weighted by Gasteiger charge is 2.23. The lowest BCUT2D eigenvalue weighted by atomic mass is 10.2. The number of nitrogens with one attached hydrogen (secondary N) is 1. The van der Waals surface area contributed by atoms with Crippen LogP contribution in [0.2, 0.25) is 0 Å². The predicted molar refractivity (Wildman–Crippen MR) is 72.9 cm³/mol. The molecule has 6 nitrogen and oxygen atoms in total. The lowest BCUT2D eigenvalue weighted by Gasteiger charge is -2.36. The first kappa shape index (κ1) is 12.9. The van der Waals surface area contributed by atoms with Gasteiger partial charge in [0.15, 0.2) is 0 Å². The molecule has 1 aromatic heterocycles. The summed E-state index contributed by atoms with van der Waals surface area (Å²) in [6.07, 6.45) is 1.03. The van der Waals surface area contributed by atoms with Crippen molar-refractivity contribution in [2.75, 3.05) is 42.3 Å². The Kier molecular flexibility index (Phi) is 4.19. The SMILES string of the molecule is CCNc1cc(N2CCOCC2CC)nc(N)n1. The third-order valence-electron chi connectivity index (χ3n) is 3.08. The molecule has 1 unspecified atom stereocenters. The quantitative estimate of drug-likeness (QED) is 0.834. The first-order chi connectivity index (χ1) is 8.74. The Hall–Kier alpha value is -1.56. The maximum absolute atomic E-state index is 5.76. The topological polar surface area (TPSA) is 76.3 Å². The van der Waals surface area contributed by atoms with Gasteiger partial charge < -0.3 is 20.7 Å². The third kappa shape index (κ3) is 2.81. The minimum Gasteiger partial charge on any atom is -0.377 e. The summed E-state index contributed by atoms with van der Waals surface area (Å²) in [6, 6.07) is 2.32. The number of nitrogens with zero attached hydrogens (tertiary/aromatic N) is 3. The molecule has 1 fully saturated rings. The minimum atomic E-state index is 0.310. The normalized spacial score (nSPS) is 19.9. The fourth-order valence-corrected chi connectivity index (χ4v) is 2.17. The first-order valence-corrected chi connectivity index (χ1v) is 6.47. The van der Waals surface area contributed by atoms with Crippen LogP contribution in [-0.4, -0.2) is 42.3 Å². The first-order valence-electron chi connectivity index (χ1n) is 6.47. The molecular formula is C12H21N5O. The lowest BCUT2D eigenvalue weighted by molar-refractivity contribution is 0.0926. The highest BCUT2D eigenvalue weighted by Crippen LogP contribution is 2.22. The van der Waals surface area contributed by atoms with Gasteiger partial charge in [-0.3, -0.25) is 0 Å². The molecule has 0 spiro atoms. The summed E-state index contributed by atoms with van der Waals surface area (Å²) in [7, 11) is 0. The second-order valence-electron chi connectivity index (χ2n) is 4.33. The molecule has 1 saturated heterocycles. The summed E-state index contributed by atoms with van der Waals surface area (Å²) in [6.45, 7) is 7.33. The van der Waals surface area contributed by atoms with Gasteiger partial charge in [0.2, 0.25) is 5.95 Å². The van der Waals surface area contributed by atoms with Crippen LogP contribution in [0.1, 0.15) is 20.3 Å². The van der Waals surface area contributed by atoms with Crippen molar-refractivity contribution in [3.8, 4) is 0 Å². The molecule has 0 aromatic carbocycles. The molecule has 1 aliphatic rings. The molecule has 1 aliphatic heterocycles. The summed E-state index contributed by atoms with van der Waals surface area (Å²) in [5.74, 6) is 1.97. The highest BCUT2D eigenvalue weighted by atomic mass is 16.5. The van der Waals surface area contributed by atoms with E-state index in [0.717, 1.165) is 44.4 Å². The van der Waals surface area contributed by atoms with E-state index >= 15 is 0 Å². The van der Waals surface area contributed by atoms with Crippen LogP contribution < -0.4 is 16.0 Å². The van der Waals surface area contributed by atoms with Crippen molar-refractivity contribution in [1.29, 1.82) is 0 Å². The van der Waals surface area contributed by atoms with E-state index in [2.05, 4.69) is 27.1 Å². The van der Waals surface area contributed by atoms with Crippen molar-refractivity contribution in [2.24, 2.45) is 0 Å². The van der Waals surface area contributed by atoms with Crippen LogP contribution in [0, 0.1) is 0 Å². The van der Waals surface area contributed by atoms with E-state index in [0.29, 0.717) is 12.0 Å². The molecule has 18 heavy (non-hydrogen) atoms. The van der Waals surface area contributed by atoms with Gasteiger partial charge in [-0.2, -0.15) is 9.97 Å². The van der Waals surface area contributed by atoms with Crippen molar-refractivity contribution in [2.45, 2.75) is 26.3 Å². The van der Waals surface area contributed by atoms with Gasteiger partial charge in [-0.25, -0.2) is 0 Å². The van der Waals surface area contributed by atoms with E-state index in [1.807, 2.05) is 13.0 Å². The average Bonchev–Trinajstić information content (AvgIpc) is 2.38.